The minimum atomic E-state index is -4.35. The highest BCUT2D eigenvalue weighted by atomic mass is 32.1. The molecular formula is C11H10F3N2PS. The first-order valence-corrected chi connectivity index (χ1v) is 6.48. The highest BCUT2D eigenvalue weighted by Gasteiger charge is 2.32. The van der Waals surface area contributed by atoms with Gasteiger partial charge < -0.3 is 5.32 Å². The number of nitrogens with zero attached hydrogens (tertiary/aromatic N) is 1. The fraction of sp³-hybridized carbons (Fsp3) is 0.182. The van der Waals surface area contributed by atoms with E-state index in [0.717, 1.165) is 6.07 Å². The zero-order chi connectivity index (χ0) is 13.3. The molecule has 1 N–H and O–H groups in total. The Hall–Kier alpha value is -1.13. The number of halogens is 3. The van der Waals surface area contributed by atoms with Crippen LogP contribution in [0, 0.1) is 0 Å². The molecule has 2 nitrogen and oxygen atoms in total. The highest BCUT2D eigenvalue weighted by molar-refractivity contribution is 7.27. The normalized spacial score (nSPS) is 11.6. The lowest BCUT2D eigenvalue weighted by molar-refractivity contribution is -0.136. The van der Waals surface area contributed by atoms with Crippen LogP contribution in [0.15, 0.2) is 23.6 Å². The van der Waals surface area contributed by atoms with Crippen LogP contribution in [0.2, 0.25) is 0 Å². The number of thiazole rings is 1. The summed E-state index contributed by atoms with van der Waals surface area (Å²) in [6.45, 7) is 0. The minimum absolute atomic E-state index is 0.135. The fourth-order valence-corrected chi connectivity index (χ4v) is 2.51. The van der Waals surface area contributed by atoms with Crippen molar-refractivity contribution < 1.29 is 13.2 Å². The van der Waals surface area contributed by atoms with Crippen molar-refractivity contribution in [2.75, 3.05) is 12.4 Å². The van der Waals surface area contributed by atoms with Gasteiger partial charge in [-0.25, -0.2) is 4.98 Å². The van der Waals surface area contributed by atoms with Gasteiger partial charge in [-0.1, -0.05) is 12.1 Å². The molecule has 0 aliphatic carbocycles. The van der Waals surface area contributed by atoms with Crippen LogP contribution in [0.1, 0.15) is 5.56 Å². The number of benzene rings is 1. The van der Waals surface area contributed by atoms with Crippen molar-refractivity contribution in [2.45, 2.75) is 6.18 Å². The van der Waals surface area contributed by atoms with Gasteiger partial charge in [-0.2, -0.15) is 13.2 Å². The third kappa shape index (κ3) is 2.65. The van der Waals surface area contributed by atoms with Gasteiger partial charge in [-0.05, 0) is 11.4 Å². The molecule has 1 aromatic carbocycles. The van der Waals surface area contributed by atoms with Crippen LogP contribution in [0.3, 0.4) is 0 Å². The molecule has 1 unspecified atom stereocenters. The number of nitrogens with one attached hydrogen (secondary N) is 1. The molecular weight excluding hydrogens is 280 g/mol. The molecule has 1 aromatic heterocycles. The zero-order valence-corrected chi connectivity index (χ0v) is 11.3. The topological polar surface area (TPSA) is 24.9 Å². The molecule has 0 spiro atoms. The number of hydrogen-bond acceptors (Lipinski definition) is 3. The second kappa shape index (κ2) is 4.86. The van der Waals surface area contributed by atoms with E-state index < -0.39 is 11.7 Å². The van der Waals surface area contributed by atoms with E-state index in [1.807, 2.05) is 0 Å². The molecule has 0 aliphatic rings. The molecule has 0 fully saturated rings. The van der Waals surface area contributed by atoms with Crippen LogP contribution < -0.4 is 10.6 Å². The molecule has 0 bridgehead atoms. The third-order valence-corrected chi connectivity index (χ3v) is 3.74. The molecule has 0 radical (unpaired) electrons. The van der Waals surface area contributed by atoms with Gasteiger partial charge in [0.25, 0.3) is 0 Å². The maximum atomic E-state index is 12.8. The van der Waals surface area contributed by atoms with E-state index in [0.29, 0.717) is 16.4 Å². The summed E-state index contributed by atoms with van der Waals surface area (Å²) < 4.78 is 38.3. The smallest absolute Gasteiger partial charge is 0.365 e. The summed E-state index contributed by atoms with van der Waals surface area (Å²) in [6, 6.07) is 4.18. The van der Waals surface area contributed by atoms with Crippen molar-refractivity contribution in [3.05, 3.63) is 29.1 Å². The van der Waals surface area contributed by atoms with Gasteiger partial charge in [-0.3, -0.25) is 0 Å². The number of alkyl halides is 3. The molecule has 96 valence electrons. The molecule has 0 aliphatic heterocycles. The van der Waals surface area contributed by atoms with Gasteiger partial charge >= 0.3 is 6.18 Å². The van der Waals surface area contributed by atoms with Crippen LogP contribution in [0.25, 0.3) is 11.3 Å². The van der Waals surface area contributed by atoms with E-state index in [1.165, 1.54) is 17.4 Å². The lowest BCUT2D eigenvalue weighted by Crippen LogP contribution is -2.14. The minimum Gasteiger partial charge on any atom is -0.365 e. The van der Waals surface area contributed by atoms with Crippen LogP contribution >= 0.6 is 20.6 Å². The summed E-state index contributed by atoms with van der Waals surface area (Å²) in [5.41, 5.74) is 0.357. The molecule has 0 saturated carbocycles. The Labute approximate surface area is 108 Å². The largest absolute Gasteiger partial charge is 0.417 e. The predicted molar refractivity (Wildman–Crippen MR) is 71.4 cm³/mol. The molecule has 1 heterocycles. The number of anilines is 1. The number of hydrogen-bond donors (Lipinski definition) is 1. The van der Waals surface area contributed by atoms with Gasteiger partial charge in [0.2, 0.25) is 0 Å². The molecule has 2 aromatic rings. The van der Waals surface area contributed by atoms with Crippen molar-refractivity contribution in [1.82, 2.24) is 4.98 Å². The van der Waals surface area contributed by atoms with Crippen LogP contribution in [-0.2, 0) is 6.18 Å². The number of rotatable bonds is 2. The van der Waals surface area contributed by atoms with Gasteiger partial charge in [0.05, 0.1) is 11.3 Å². The first-order valence-electron chi connectivity index (χ1n) is 5.02. The molecule has 1 atom stereocenters. The summed E-state index contributed by atoms with van der Waals surface area (Å²) in [7, 11) is 3.82. The predicted octanol–water partition coefficient (Wildman–Crippen LogP) is 3.37. The zero-order valence-electron chi connectivity index (χ0n) is 9.38. The molecule has 2 rings (SSSR count). The Bertz CT molecular complexity index is 566. The second-order valence-electron chi connectivity index (χ2n) is 3.59. The monoisotopic (exact) mass is 290 g/mol. The Morgan fingerprint density at radius 3 is 2.61 bits per heavy atom. The van der Waals surface area contributed by atoms with Crippen molar-refractivity contribution in [2.24, 2.45) is 0 Å². The average Bonchev–Trinajstić information content (AvgIpc) is 2.76. The Balaban J connectivity index is 2.47. The van der Waals surface area contributed by atoms with E-state index in [2.05, 4.69) is 19.5 Å². The standard InChI is InChI=1S/C11H10F3N2PS/c1-15-10-16-8(5-18-10)6-2-3-9(17)7(4-6)11(12,13)14/h2-5H,17H2,1H3,(H,15,16). The van der Waals surface area contributed by atoms with Crippen molar-refractivity contribution >= 4 is 31.0 Å². The second-order valence-corrected chi connectivity index (χ2v) is 5.07. The summed E-state index contributed by atoms with van der Waals surface area (Å²) in [5, 5.41) is 5.39. The van der Waals surface area contributed by atoms with Gasteiger partial charge in [0.15, 0.2) is 5.13 Å². The summed E-state index contributed by atoms with van der Waals surface area (Å²) in [5.74, 6) is 0. The van der Waals surface area contributed by atoms with Gasteiger partial charge in [0.1, 0.15) is 0 Å². The quantitative estimate of drug-likeness (QED) is 0.858. The molecule has 7 heteroatoms. The Kier molecular flexibility index (Phi) is 3.59. The molecule has 0 saturated heterocycles. The van der Waals surface area contributed by atoms with E-state index in [1.54, 1.807) is 18.5 Å². The maximum Gasteiger partial charge on any atom is 0.417 e. The Morgan fingerprint density at radius 1 is 1.33 bits per heavy atom. The van der Waals surface area contributed by atoms with Crippen LogP contribution in [0.5, 0.6) is 0 Å². The van der Waals surface area contributed by atoms with Gasteiger partial charge in [-0.15, -0.1) is 20.6 Å². The maximum absolute atomic E-state index is 12.8. The average molecular weight is 290 g/mol. The fourth-order valence-electron chi connectivity index (χ4n) is 1.48. The van der Waals surface area contributed by atoms with Crippen molar-refractivity contribution in [3.63, 3.8) is 0 Å². The van der Waals surface area contributed by atoms with Gasteiger partial charge in [0, 0.05) is 18.0 Å². The van der Waals surface area contributed by atoms with E-state index in [4.69, 9.17) is 0 Å². The first-order chi connectivity index (χ1) is 8.41. The lowest BCUT2D eigenvalue weighted by Gasteiger charge is -2.11. The number of aromatic nitrogens is 1. The summed E-state index contributed by atoms with van der Waals surface area (Å²) in [4.78, 5) is 4.19. The SMILES string of the molecule is CNc1nc(-c2ccc(P)c(C(F)(F)F)c2)cs1. The van der Waals surface area contributed by atoms with Crippen molar-refractivity contribution in [3.8, 4) is 11.3 Å². The van der Waals surface area contributed by atoms with E-state index >= 15 is 0 Å². The van der Waals surface area contributed by atoms with Crippen LogP contribution in [0.4, 0.5) is 18.3 Å². The Morgan fingerprint density at radius 2 is 2.06 bits per heavy atom. The van der Waals surface area contributed by atoms with Crippen LogP contribution in [-0.4, -0.2) is 12.0 Å². The molecule has 18 heavy (non-hydrogen) atoms. The highest BCUT2D eigenvalue weighted by Crippen LogP contribution is 2.32. The van der Waals surface area contributed by atoms with E-state index in [9.17, 15) is 13.2 Å². The van der Waals surface area contributed by atoms with E-state index in [-0.39, 0.29) is 5.30 Å². The first kappa shape index (κ1) is 13.3. The lowest BCUT2D eigenvalue weighted by atomic mass is 10.1. The van der Waals surface area contributed by atoms with Crippen molar-refractivity contribution in [1.29, 1.82) is 0 Å². The molecule has 0 amide bonds. The summed E-state index contributed by atoms with van der Waals surface area (Å²) in [6.07, 6.45) is -4.35. The third-order valence-electron chi connectivity index (χ3n) is 2.37. The summed E-state index contributed by atoms with van der Waals surface area (Å²) >= 11 is 1.35.